The van der Waals surface area contributed by atoms with Gasteiger partial charge in [-0.25, -0.2) is 9.59 Å². The molecular weight excluding hydrogens is 424 g/mol. The van der Waals surface area contributed by atoms with Crippen LogP contribution >= 0.6 is 0 Å². The number of carbonyl (C=O) groups is 3. The van der Waals surface area contributed by atoms with Crippen LogP contribution < -0.4 is 11.1 Å². The summed E-state index contributed by atoms with van der Waals surface area (Å²) in [6, 6.07) is 15.9. The van der Waals surface area contributed by atoms with Crippen LogP contribution in [0.1, 0.15) is 57.1 Å². The number of ether oxygens (including phenoxy) is 2. The molecule has 2 aromatic carbocycles. The fourth-order valence-corrected chi connectivity index (χ4v) is 3.92. The largest absolute Gasteiger partial charge is 0.481 e. The van der Waals surface area contributed by atoms with Gasteiger partial charge in [-0.2, -0.15) is 0 Å². The average molecular weight is 455 g/mol. The van der Waals surface area contributed by atoms with Crippen molar-refractivity contribution in [3.8, 4) is 11.1 Å². The van der Waals surface area contributed by atoms with Crippen LogP contribution in [-0.4, -0.2) is 41.0 Å². The van der Waals surface area contributed by atoms with Crippen molar-refractivity contribution in [1.82, 2.24) is 5.32 Å². The van der Waals surface area contributed by atoms with Gasteiger partial charge >= 0.3 is 18.0 Å². The number of benzene rings is 2. The van der Waals surface area contributed by atoms with Crippen LogP contribution in [0.4, 0.5) is 4.79 Å². The quantitative estimate of drug-likeness (QED) is 0.409. The van der Waals surface area contributed by atoms with Crippen LogP contribution in [0.5, 0.6) is 0 Å². The molecule has 1 unspecified atom stereocenters. The molecule has 8 heteroatoms. The first-order chi connectivity index (χ1) is 15.5. The second-order valence-corrected chi connectivity index (χ2v) is 9.17. The van der Waals surface area contributed by atoms with Gasteiger partial charge in [-0.05, 0) is 55.9 Å². The number of rotatable bonds is 8. The van der Waals surface area contributed by atoms with Gasteiger partial charge in [0.15, 0.2) is 5.66 Å². The minimum absolute atomic E-state index is 0.0549. The zero-order valence-electron chi connectivity index (χ0n) is 19.1. The van der Waals surface area contributed by atoms with E-state index in [9.17, 15) is 14.4 Å². The smallest absolute Gasteiger partial charge is 0.409 e. The van der Waals surface area contributed by atoms with Crippen molar-refractivity contribution in [3.63, 3.8) is 0 Å². The van der Waals surface area contributed by atoms with E-state index in [-0.39, 0.29) is 31.8 Å². The van der Waals surface area contributed by atoms with Gasteiger partial charge in [0, 0.05) is 12.3 Å². The van der Waals surface area contributed by atoms with Crippen molar-refractivity contribution in [2.45, 2.75) is 57.2 Å². The number of carboxylic acids is 1. The van der Waals surface area contributed by atoms with E-state index in [1.165, 1.54) is 0 Å². The van der Waals surface area contributed by atoms with Gasteiger partial charge in [0.1, 0.15) is 12.2 Å². The van der Waals surface area contributed by atoms with Crippen LogP contribution in [0.2, 0.25) is 0 Å². The lowest BCUT2D eigenvalue weighted by Gasteiger charge is -2.31. The number of fused-ring (bicyclic) bond motifs is 3. The lowest BCUT2D eigenvalue weighted by Crippen LogP contribution is -2.63. The Morgan fingerprint density at radius 1 is 1.00 bits per heavy atom. The van der Waals surface area contributed by atoms with Gasteiger partial charge in [0.2, 0.25) is 0 Å². The summed E-state index contributed by atoms with van der Waals surface area (Å²) < 4.78 is 10.8. The second-order valence-electron chi connectivity index (χ2n) is 9.17. The Morgan fingerprint density at radius 3 is 2.06 bits per heavy atom. The molecule has 0 spiro atoms. The average Bonchev–Trinajstić information content (AvgIpc) is 3.04. The summed E-state index contributed by atoms with van der Waals surface area (Å²) in [7, 11) is 0. The first-order valence-corrected chi connectivity index (χ1v) is 10.9. The van der Waals surface area contributed by atoms with E-state index in [2.05, 4.69) is 5.32 Å². The number of nitrogens with one attached hydrogen (secondary N) is 1. The van der Waals surface area contributed by atoms with Crippen molar-refractivity contribution in [3.05, 3.63) is 59.7 Å². The van der Waals surface area contributed by atoms with Crippen LogP contribution in [0.25, 0.3) is 11.1 Å². The number of carbonyl (C=O) groups excluding carboxylic acids is 2. The molecule has 8 nitrogen and oxygen atoms in total. The molecule has 33 heavy (non-hydrogen) atoms. The predicted octanol–water partition coefficient (Wildman–Crippen LogP) is 3.78. The standard InChI is InChI=1S/C25H30N2O6/c1-24(2,3)33-22(30)25(26,14-8-13-21(28)29)27-23(31)32-15-20-18-11-6-4-9-16(18)17-10-5-7-12-19(17)20/h4-7,9-12,20H,8,13-15,26H2,1-3H3,(H,27,31)(H,28,29). The minimum Gasteiger partial charge on any atom is -0.481 e. The molecule has 0 fully saturated rings. The fraction of sp³-hybridized carbons (Fsp3) is 0.400. The summed E-state index contributed by atoms with van der Waals surface area (Å²) in [6.45, 7) is 5.08. The highest BCUT2D eigenvalue weighted by Gasteiger charge is 2.40. The van der Waals surface area contributed by atoms with Gasteiger partial charge in [0.05, 0.1) is 0 Å². The van der Waals surface area contributed by atoms with Crippen molar-refractivity contribution in [1.29, 1.82) is 0 Å². The van der Waals surface area contributed by atoms with Crippen molar-refractivity contribution >= 4 is 18.0 Å². The number of aliphatic carboxylic acids is 1. The maximum Gasteiger partial charge on any atom is 0.409 e. The number of nitrogens with two attached hydrogens (primary N) is 1. The maximum absolute atomic E-state index is 12.7. The van der Waals surface area contributed by atoms with Gasteiger partial charge in [-0.1, -0.05) is 48.5 Å². The molecular formula is C25H30N2O6. The predicted molar refractivity (Wildman–Crippen MR) is 122 cm³/mol. The fourth-order valence-electron chi connectivity index (χ4n) is 3.92. The van der Waals surface area contributed by atoms with Gasteiger partial charge < -0.3 is 14.6 Å². The van der Waals surface area contributed by atoms with Gasteiger partial charge in [-0.15, -0.1) is 0 Å². The van der Waals surface area contributed by atoms with E-state index in [4.69, 9.17) is 20.3 Å². The van der Waals surface area contributed by atoms with Crippen LogP contribution in [0.15, 0.2) is 48.5 Å². The molecule has 176 valence electrons. The molecule has 1 amide bonds. The van der Waals surface area contributed by atoms with E-state index >= 15 is 0 Å². The lowest BCUT2D eigenvalue weighted by molar-refractivity contribution is -0.163. The molecule has 0 bridgehead atoms. The summed E-state index contributed by atoms with van der Waals surface area (Å²) in [5.74, 6) is -2.03. The Morgan fingerprint density at radius 2 is 1.55 bits per heavy atom. The molecule has 0 radical (unpaired) electrons. The molecule has 0 heterocycles. The normalized spacial score (nSPS) is 14.5. The highest BCUT2D eigenvalue weighted by Crippen LogP contribution is 2.44. The van der Waals surface area contributed by atoms with E-state index in [0.29, 0.717) is 0 Å². The number of hydrogen-bond acceptors (Lipinski definition) is 6. The third kappa shape index (κ3) is 5.90. The third-order valence-corrected chi connectivity index (χ3v) is 5.39. The molecule has 1 aliphatic carbocycles. The minimum atomic E-state index is -1.91. The van der Waals surface area contributed by atoms with Crippen molar-refractivity contribution < 1.29 is 29.0 Å². The second kappa shape index (κ2) is 9.62. The molecule has 3 rings (SSSR count). The summed E-state index contributed by atoms with van der Waals surface area (Å²) in [6.07, 6.45) is -1.11. The summed E-state index contributed by atoms with van der Waals surface area (Å²) in [4.78, 5) is 36.3. The zero-order chi connectivity index (χ0) is 24.2. The Bertz CT molecular complexity index is 1000. The van der Waals surface area contributed by atoms with Gasteiger partial charge in [0.25, 0.3) is 0 Å². The number of carboxylic acid groups (broad SMARTS) is 1. The highest BCUT2D eigenvalue weighted by atomic mass is 16.6. The Balaban J connectivity index is 1.71. The Kier molecular flexibility index (Phi) is 7.07. The van der Waals surface area contributed by atoms with Gasteiger partial charge in [-0.3, -0.25) is 15.8 Å². The van der Waals surface area contributed by atoms with E-state index in [0.717, 1.165) is 22.3 Å². The summed E-state index contributed by atoms with van der Waals surface area (Å²) >= 11 is 0. The molecule has 2 aromatic rings. The van der Waals surface area contributed by atoms with E-state index in [1.807, 2.05) is 48.5 Å². The number of alkyl carbamates (subject to hydrolysis) is 1. The first-order valence-electron chi connectivity index (χ1n) is 10.9. The first kappa shape index (κ1) is 24.3. The van der Waals surface area contributed by atoms with Crippen LogP contribution in [0, 0.1) is 0 Å². The number of amides is 1. The monoisotopic (exact) mass is 454 g/mol. The van der Waals surface area contributed by atoms with Crippen molar-refractivity contribution in [2.24, 2.45) is 5.73 Å². The Labute approximate surface area is 193 Å². The topological polar surface area (TPSA) is 128 Å². The maximum atomic E-state index is 12.7. The molecule has 1 aliphatic rings. The number of hydrogen-bond donors (Lipinski definition) is 3. The molecule has 4 N–H and O–H groups in total. The molecule has 0 saturated heterocycles. The molecule has 0 saturated carbocycles. The SMILES string of the molecule is CC(C)(C)OC(=O)C(N)(CCCC(=O)O)NC(=O)OCC1c2ccccc2-c2ccccc21. The highest BCUT2D eigenvalue weighted by molar-refractivity contribution is 5.85. The number of esters is 1. The van der Waals surface area contributed by atoms with E-state index < -0.39 is 29.3 Å². The van der Waals surface area contributed by atoms with Crippen molar-refractivity contribution in [2.75, 3.05) is 6.61 Å². The van der Waals surface area contributed by atoms with Crippen LogP contribution in [0.3, 0.4) is 0 Å². The summed E-state index contributed by atoms with van der Waals surface area (Å²) in [5, 5.41) is 11.3. The molecule has 0 aliphatic heterocycles. The molecule has 0 aromatic heterocycles. The molecule has 1 atom stereocenters. The third-order valence-electron chi connectivity index (χ3n) is 5.39. The Hall–Kier alpha value is -3.39. The van der Waals surface area contributed by atoms with E-state index in [1.54, 1.807) is 20.8 Å². The summed E-state index contributed by atoms with van der Waals surface area (Å²) in [5.41, 5.74) is 7.75. The van der Waals surface area contributed by atoms with Crippen LogP contribution in [-0.2, 0) is 19.1 Å². The lowest BCUT2D eigenvalue weighted by atomic mass is 9.98. The zero-order valence-corrected chi connectivity index (χ0v) is 19.1.